The molecule has 1 aromatic heterocycles. The van der Waals surface area contributed by atoms with Gasteiger partial charge in [-0.2, -0.15) is 5.26 Å². The van der Waals surface area contributed by atoms with E-state index in [1.807, 2.05) is 25.1 Å². The number of carbonyl (C=O) groups is 1. The molecule has 0 unspecified atom stereocenters. The fraction of sp³-hybridized carbons (Fsp3) is 0.421. The Labute approximate surface area is 136 Å². The standard InChI is InChI=1S/C19H20N2O2/c1-13-8-9-17-15(12-13)18(19(22)23-11-5-4-10-20)14-6-2-3-7-16(14)21-17/h8-9,12H,2-7,11H2,1H3. The summed E-state index contributed by atoms with van der Waals surface area (Å²) in [4.78, 5) is 17.4. The maximum atomic E-state index is 12.7. The Morgan fingerprint density at radius 2 is 2.17 bits per heavy atom. The normalized spacial score (nSPS) is 13.4. The van der Waals surface area contributed by atoms with Gasteiger partial charge in [0.15, 0.2) is 0 Å². The highest BCUT2D eigenvalue weighted by atomic mass is 16.5. The molecule has 118 valence electrons. The number of nitriles is 1. The van der Waals surface area contributed by atoms with Crippen molar-refractivity contribution in [2.75, 3.05) is 6.61 Å². The summed E-state index contributed by atoms with van der Waals surface area (Å²) in [7, 11) is 0. The zero-order valence-electron chi connectivity index (χ0n) is 13.4. The van der Waals surface area contributed by atoms with Gasteiger partial charge < -0.3 is 4.74 Å². The van der Waals surface area contributed by atoms with Gasteiger partial charge in [-0.3, -0.25) is 4.98 Å². The number of aromatic nitrogens is 1. The van der Waals surface area contributed by atoms with Crippen LogP contribution in [0.1, 0.15) is 52.9 Å². The second kappa shape index (κ2) is 6.78. The largest absolute Gasteiger partial charge is 0.462 e. The molecule has 0 N–H and O–H groups in total. The summed E-state index contributed by atoms with van der Waals surface area (Å²) in [6.07, 6.45) is 4.99. The van der Waals surface area contributed by atoms with E-state index in [1.165, 1.54) is 0 Å². The third-order valence-electron chi connectivity index (χ3n) is 4.29. The van der Waals surface area contributed by atoms with Crippen LogP contribution < -0.4 is 0 Å². The Bertz CT molecular complexity index is 790. The van der Waals surface area contributed by atoms with Gasteiger partial charge in [-0.1, -0.05) is 11.6 Å². The van der Waals surface area contributed by atoms with Gasteiger partial charge in [-0.15, -0.1) is 0 Å². The zero-order valence-corrected chi connectivity index (χ0v) is 13.4. The van der Waals surface area contributed by atoms with Crippen LogP contribution in [-0.4, -0.2) is 17.6 Å². The van der Waals surface area contributed by atoms with Gasteiger partial charge in [0, 0.05) is 17.5 Å². The van der Waals surface area contributed by atoms with Crippen molar-refractivity contribution in [2.24, 2.45) is 0 Å². The second-order valence-corrected chi connectivity index (χ2v) is 6.04. The predicted octanol–water partition coefficient (Wildman–Crippen LogP) is 3.88. The van der Waals surface area contributed by atoms with E-state index < -0.39 is 0 Å². The number of esters is 1. The first-order valence-electron chi connectivity index (χ1n) is 8.17. The number of unbranched alkanes of at least 4 members (excludes halogenated alkanes) is 1. The minimum atomic E-state index is -0.279. The molecular weight excluding hydrogens is 288 g/mol. The number of benzene rings is 1. The van der Waals surface area contributed by atoms with Crippen LogP contribution in [0.4, 0.5) is 0 Å². The van der Waals surface area contributed by atoms with Crippen LogP contribution in [0.15, 0.2) is 18.2 Å². The van der Waals surface area contributed by atoms with Crippen molar-refractivity contribution < 1.29 is 9.53 Å². The number of hydrogen-bond donors (Lipinski definition) is 0. The fourth-order valence-electron chi connectivity index (χ4n) is 3.16. The van der Waals surface area contributed by atoms with Crippen LogP contribution in [0.25, 0.3) is 10.9 Å². The molecule has 0 atom stereocenters. The summed E-state index contributed by atoms with van der Waals surface area (Å²) >= 11 is 0. The number of pyridine rings is 1. The molecule has 0 saturated heterocycles. The average molecular weight is 308 g/mol. The summed E-state index contributed by atoms with van der Waals surface area (Å²) in [6, 6.07) is 8.08. The molecule has 1 aliphatic rings. The van der Waals surface area contributed by atoms with Crippen LogP contribution >= 0.6 is 0 Å². The SMILES string of the molecule is Cc1ccc2nc3c(c(C(=O)OCCCC#N)c2c1)CCCC3. The number of hydrogen-bond acceptors (Lipinski definition) is 4. The van der Waals surface area contributed by atoms with E-state index >= 15 is 0 Å². The van der Waals surface area contributed by atoms with E-state index in [2.05, 4.69) is 6.07 Å². The quantitative estimate of drug-likeness (QED) is 0.635. The van der Waals surface area contributed by atoms with Gasteiger partial charge in [0.1, 0.15) is 0 Å². The molecule has 3 rings (SSSR count). The maximum Gasteiger partial charge on any atom is 0.339 e. The van der Waals surface area contributed by atoms with E-state index in [4.69, 9.17) is 15.0 Å². The lowest BCUT2D eigenvalue weighted by molar-refractivity contribution is 0.0502. The predicted molar refractivity (Wildman–Crippen MR) is 88.3 cm³/mol. The topological polar surface area (TPSA) is 63.0 Å². The smallest absolute Gasteiger partial charge is 0.339 e. The summed E-state index contributed by atoms with van der Waals surface area (Å²) in [5, 5.41) is 9.46. The summed E-state index contributed by atoms with van der Waals surface area (Å²) in [5.41, 5.74) is 4.75. The lowest BCUT2D eigenvalue weighted by atomic mass is 9.89. The Balaban J connectivity index is 2.03. The molecule has 23 heavy (non-hydrogen) atoms. The molecule has 0 bridgehead atoms. The monoisotopic (exact) mass is 308 g/mol. The summed E-state index contributed by atoms with van der Waals surface area (Å²) in [6.45, 7) is 2.30. The van der Waals surface area contributed by atoms with Crippen LogP contribution in [0.2, 0.25) is 0 Å². The van der Waals surface area contributed by atoms with Crippen LogP contribution in [-0.2, 0) is 17.6 Å². The van der Waals surface area contributed by atoms with Crippen LogP contribution in [0.3, 0.4) is 0 Å². The number of aryl methyl sites for hydroxylation is 2. The van der Waals surface area contributed by atoms with Gasteiger partial charge in [0.05, 0.1) is 23.8 Å². The number of rotatable bonds is 4. The van der Waals surface area contributed by atoms with E-state index in [0.717, 1.165) is 53.4 Å². The third-order valence-corrected chi connectivity index (χ3v) is 4.29. The Morgan fingerprint density at radius 3 is 3.00 bits per heavy atom. The molecule has 4 nitrogen and oxygen atoms in total. The molecule has 0 saturated carbocycles. The number of fused-ring (bicyclic) bond motifs is 2. The van der Waals surface area contributed by atoms with Gasteiger partial charge in [0.2, 0.25) is 0 Å². The molecule has 0 fully saturated rings. The van der Waals surface area contributed by atoms with Crippen molar-refractivity contribution in [1.82, 2.24) is 4.98 Å². The van der Waals surface area contributed by atoms with Gasteiger partial charge in [0.25, 0.3) is 0 Å². The Hall–Kier alpha value is -2.41. The molecule has 0 spiro atoms. The molecule has 2 aromatic rings. The first kappa shape index (κ1) is 15.5. The molecule has 0 aliphatic heterocycles. The maximum absolute atomic E-state index is 12.7. The van der Waals surface area contributed by atoms with Crippen molar-refractivity contribution in [2.45, 2.75) is 45.4 Å². The zero-order chi connectivity index (χ0) is 16.2. The third kappa shape index (κ3) is 3.19. The minimum absolute atomic E-state index is 0.279. The van der Waals surface area contributed by atoms with E-state index in [9.17, 15) is 4.79 Å². The molecule has 4 heteroatoms. The molecular formula is C19H20N2O2. The molecule has 1 aromatic carbocycles. The lowest BCUT2D eigenvalue weighted by Gasteiger charge is -2.20. The van der Waals surface area contributed by atoms with Crippen LogP contribution in [0.5, 0.6) is 0 Å². The fourth-order valence-corrected chi connectivity index (χ4v) is 3.16. The van der Waals surface area contributed by atoms with Gasteiger partial charge in [-0.25, -0.2) is 4.79 Å². The number of ether oxygens (including phenoxy) is 1. The van der Waals surface area contributed by atoms with Crippen molar-refractivity contribution in [3.63, 3.8) is 0 Å². The second-order valence-electron chi connectivity index (χ2n) is 6.04. The Morgan fingerprint density at radius 1 is 1.35 bits per heavy atom. The number of nitrogens with zero attached hydrogens (tertiary/aromatic N) is 2. The molecule has 1 aliphatic carbocycles. The van der Waals surface area contributed by atoms with Crippen molar-refractivity contribution in [3.05, 3.63) is 40.6 Å². The highest BCUT2D eigenvalue weighted by Gasteiger charge is 2.23. The van der Waals surface area contributed by atoms with Crippen molar-refractivity contribution in [3.8, 4) is 6.07 Å². The van der Waals surface area contributed by atoms with Crippen molar-refractivity contribution >= 4 is 16.9 Å². The van der Waals surface area contributed by atoms with E-state index in [1.54, 1.807) is 0 Å². The minimum Gasteiger partial charge on any atom is -0.462 e. The molecule has 0 amide bonds. The summed E-state index contributed by atoms with van der Waals surface area (Å²) < 4.78 is 5.43. The average Bonchev–Trinajstić information content (AvgIpc) is 2.56. The van der Waals surface area contributed by atoms with Crippen molar-refractivity contribution in [1.29, 1.82) is 5.26 Å². The Kier molecular flexibility index (Phi) is 4.57. The lowest BCUT2D eigenvalue weighted by Crippen LogP contribution is -2.16. The van der Waals surface area contributed by atoms with E-state index in [-0.39, 0.29) is 12.6 Å². The molecule has 0 radical (unpaired) electrons. The van der Waals surface area contributed by atoms with Crippen LogP contribution in [0, 0.1) is 18.3 Å². The highest BCUT2D eigenvalue weighted by molar-refractivity contribution is 6.05. The first-order chi connectivity index (χ1) is 11.2. The van der Waals surface area contributed by atoms with E-state index in [0.29, 0.717) is 18.4 Å². The summed E-state index contributed by atoms with van der Waals surface area (Å²) in [5.74, 6) is -0.279. The van der Waals surface area contributed by atoms with Gasteiger partial charge >= 0.3 is 5.97 Å². The van der Waals surface area contributed by atoms with Gasteiger partial charge in [-0.05, 0) is 56.7 Å². The highest BCUT2D eigenvalue weighted by Crippen LogP contribution is 2.30. The first-order valence-corrected chi connectivity index (χ1v) is 8.17. The molecule has 1 heterocycles. The number of carbonyl (C=O) groups excluding carboxylic acids is 1.